The van der Waals surface area contributed by atoms with Gasteiger partial charge in [0.25, 0.3) is 0 Å². The molecular formula is C11H20BrNO2. The highest BCUT2D eigenvalue weighted by molar-refractivity contribution is 9.09. The molecule has 0 saturated carbocycles. The fraction of sp³-hybridized carbons (Fsp3) is 0.909. The van der Waals surface area contributed by atoms with Crippen molar-refractivity contribution in [3.05, 3.63) is 0 Å². The average molecular weight is 278 g/mol. The van der Waals surface area contributed by atoms with E-state index in [4.69, 9.17) is 4.74 Å². The number of carbonyl (C=O) groups excluding carboxylic acids is 1. The number of rotatable bonds is 4. The van der Waals surface area contributed by atoms with Gasteiger partial charge in [0, 0.05) is 24.5 Å². The maximum atomic E-state index is 11.9. The van der Waals surface area contributed by atoms with Crippen molar-refractivity contribution in [2.45, 2.75) is 44.8 Å². The maximum Gasteiger partial charge on any atom is 0.225 e. The molecule has 1 fully saturated rings. The van der Waals surface area contributed by atoms with Crippen molar-refractivity contribution in [1.82, 2.24) is 4.90 Å². The fourth-order valence-electron chi connectivity index (χ4n) is 1.56. The summed E-state index contributed by atoms with van der Waals surface area (Å²) in [5.41, 5.74) is -0.129. The Labute approximate surface area is 100 Å². The predicted molar refractivity (Wildman–Crippen MR) is 64.2 cm³/mol. The second-order valence-electron chi connectivity index (χ2n) is 4.74. The molecule has 1 heterocycles. The van der Waals surface area contributed by atoms with E-state index in [9.17, 15) is 4.79 Å². The van der Waals surface area contributed by atoms with Gasteiger partial charge in [-0.25, -0.2) is 0 Å². The van der Waals surface area contributed by atoms with E-state index < -0.39 is 0 Å². The molecule has 0 aromatic heterocycles. The molecule has 1 rings (SSSR count). The van der Waals surface area contributed by atoms with Crippen LogP contribution in [-0.4, -0.2) is 41.4 Å². The van der Waals surface area contributed by atoms with E-state index in [-0.39, 0.29) is 17.6 Å². The Kier molecular flexibility index (Phi) is 4.59. The Morgan fingerprint density at radius 3 is 2.73 bits per heavy atom. The monoisotopic (exact) mass is 277 g/mol. The van der Waals surface area contributed by atoms with Crippen molar-refractivity contribution in [2.24, 2.45) is 0 Å². The lowest BCUT2D eigenvalue weighted by molar-refractivity contribution is -0.136. The lowest BCUT2D eigenvalue weighted by atomic mass is 10.1. The number of carbonyl (C=O) groups is 1. The molecule has 0 N–H and O–H groups in total. The van der Waals surface area contributed by atoms with Crippen LogP contribution in [0.15, 0.2) is 0 Å². The Balaban J connectivity index is 2.45. The summed E-state index contributed by atoms with van der Waals surface area (Å²) in [7, 11) is 1.86. The molecule has 1 aliphatic heterocycles. The molecule has 1 amide bonds. The summed E-state index contributed by atoms with van der Waals surface area (Å²) in [5.74, 6) is 0.173. The maximum absolute atomic E-state index is 11.9. The highest BCUT2D eigenvalue weighted by Crippen LogP contribution is 2.20. The van der Waals surface area contributed by atoms with Crippen LogP contribution in [0.2, 0.25) is 0 Å². The van der Waals surface area contributed by atoms with Crippen LogP contribution in [0.5, 0.6) is 0 Å². The average Bonchev–Trinajstić information content (AvgIpc) is 2.69. The first-order chi connectivity index (χ1) is 6.97. The van der Waals surface area contributed by atoms with E-state index in [1.807, 2.05) is 11.9 Å². The zero-order valence-corrected chi connectivity index (χ0v) is 11.3. The van der Waals surface area contributed by atoms with Gasteiger partial charge in [-0.2, -0.15) is 0 Å². The molecule has 15 heavy (non-hydrogen) atoms. The van der Waals surface area contributed by atoms with E-state index in [2.05, 4.69) is 29.8 Å². The van der Waals surface area contributed by atoms with E-state index in [0.717, 1.165) is 24.8 Å². The van der Waals surface area contributed by atoms with Crippen molar-refractivity contribution in [3.63, 3.8) is 0 Å². The van der Waals surface area contributed by atoms with Gasteiger partial charge in [0.2, 0.25) is 5.91 Å². The van der Waals surface area contributed by atoms with Gasteiger partial charge >= 0.3 is 0 Å². The van der Waals surface area contributed by atoms with Gasteiger partial charge in [0.15, 0.2) is 0 Å². The molecule has 3 nitrogen and oxygen atoms in total. The Morgan fingerprint density at radius 1 is 1.60 bits per heavy atom. The van der Waals surface area contributed by atoms with Gasteiger partial charge in [-0.1, -0.05) is 15.9 Å². The van der Waals surface area contributed by atoms with E-state index in [1.54, 1.807) is 0 Å². The lowest BCUT2D eigenvalue weighted by Gasteiger charge is -2.34. The van der Waals surface area contributed by atoms with E-state index in [0.29, 0.717) is 6.42 Å². The van der Waals surface area contributed by atoms with Crippen LogP contribution in [0.1, 0.15) is 33.1 Å². The molecule has 1 atom stereocenters. The molecule has 0 bridgehead atoms. The Bertz CT molecular complexity index is 225. The SMILES string of the molecule is CN(C(=O)CC1CCCO1)C(C)(C)CBr. The zero-order valence-electron chi connectivity index (χ0n) is 9.75. The number of ether oxygens (including phenoxy) is 1. The Morgan fingerprint density at radius 2 is 2.27 bits per heavy atom. The summed E-state index contributed by atoms with van der Waals surface area (Å²) in [6, 6.07) is 0. The third-order valence-corrected chi connectivity index (χ3v) is 4.41. The topological polar surface area (TPSA) is 29.5 Å². The summed E-state index contributed by atoms with van der Waals surface area (Å²) in [5, 5.41) is 0.785. The minimum atomic E-state index is -0.129. The quantitative estimate of drug-likeness (QED) is 0.738. The molecule has 88 valence electrons. The lowest BCUT2D eigenvalue weighted by Crippen LogP contribution is -2.47. The van der Waals surface area contributed by atoms with Gasteiger partial charge in [0.05, 0.1) is 12.5 Å². The number of amides is 1. The standard InChI is InChI=1S/C11H20BrNO2/c1-11(2,8-12)13(3)10(14)7-9-5-4-6-15-9/h9H,4-8H2,1-3H3. The summed E-state index contributed by atoms with van der Waals surface area (Å²) < 4.78 is 5.46. The van der Waals surface area contributed by atoms with E-state index >= 15 is 0 Å². The predicted octanol–water partition coefficient (Wildman–Crippen LogP) is 2.19. The molecule has 4 heteroatoms. The molecule has 0 spiro atoms. The fourth-order valence-corrected chi connectivity index (χ4v) is 1.94. The van der Waals surface area contributed by atoms with Crippen LogP contribution in [0, 0.1) is 0 Å². The van der Waals surface area contributed by atoms with E-state index in [1.165, 1.54) is 0 Å². The highest BCUT2D eigenvalue weighted by Gasteiger charge is 2.29. The minimum Gasteiger partial charge on any atom is -0.378 e. The summed E-state index contributed by atoms with van der Waals surface area (Å²) in [6.45, 7) is 4.91. The van der Waals surface area contributed by atoms with Crippen LogP contribution in [-0.2, 0) is 9.53 Å². The molecule has 1 saturated heterocycles. The highest BCUT2D eigenvalue weighted by atomic mass is 79.9. The van der Waals surface area contributed by atoms with Crippen molar-refractivity contribution >= 4 is 21.8 Å². The van der Waals surface area contributed by atoms with Gasteiger partial charge in [0.1, 0.15) is 0 Å². The van der Waals surface area contributed by atoms with Gasteiger partial charge in [-0.15, -0.1) is 0 Å². The van der Waals surface area contributed by atoms with Crippen molar-refractivity contribution < 1.29 is 9.53 Å². The number of hydrogen-bond donors (Lipinski definition) is 0. The second-order valence-corrected chi connectivity index (χ2v) is 5.30. The number of alkyl halides is 1. The Hall–Kier alpha value is -0.0900. The summed E-state index contributed by atoms with van der Waals surface area (Å²) >= 11 is 3.43. The molecule has 0 aromatic carbocycles. The minimum absolute atomic E-state index is 0.129. The first-order valence-electron chi connectivity index (χ1n) is 5.41. The second kappa shape index (κ2) is 5.30. The van der Waals surface area contributed by atoms with Gasteiger partial charge in [-0.05, 0) is 26.7 Å². The van der Waals surface area contributed by atoms with Crippen LogP contribution >= 0.6 is 15.9 Å². The molecule has 0 radical (unpaired) electrons. The number of halogens is 1. The molecule has 0 aromatic rings. The van der Waals surface area contributed by atoms with Gasteiger partial charge < -0.3 is 9.64 Å². The van der Waals surface area contributed by atoms with Crippen molar-refractivity contribution in [1.29, 1.82) is 0 Å². The number of nitrogens with zero attached hydrogens (tertiary/aromatic N) is 1. The smallest absolute Gasteiger partial charge is 0.225 e. The van der Waals surface area contributed by atoms with Crippen LogP contribution < -0.4 is 0 Å². The molecule has 1 aliphatic rings. The third kappa shape index (κ3) is 3.45. The molecular weight excluding hydrogens is 258 g/mol. The first kappa shape index (κ1) is 13.0. The number of hydrogen-bond acceptors (Lipinski definition) is 2. The summed E-state index contributed by atoms with van der Waals surface area (Å²) in [6.07, 6.45) is 2.77. The van der Waals surface area contributed by atoms with Crippen LogP contribution in [0.25, 0.3) is 0 Å². The molecule has 1 unspecified atom stereocenters. The van der Waals surface area contributed by atoms with Crippen LogP contribution in [0.3, 0.4) is 0 Å². The van der Waals surface area contributed by atoms with Crippen molar-refractivity contribution in [2.75, 3.05) is 19.0 Å². The normalized spacial score (nSPS) is 21.7. The zero-order chi connectivity index (χ0) is 11.5. The largest absolute Gasteiger partial charge is 0.378 e. The molecule has 0 aliphatic carbocycles. The van der Waals surface area contributed by atoms with Crippen molar-refractivity contribution in [3.8, 4) is 0 Å². The van der Waals surface area contributed by atoms with Gasteiger partial charge in [-0.3, -0.25) is 4.79 Å². The summed E-state index contributed by atoms with van der Waals surface area (Å²) in [4.78, 5) is 13.7. The van der Waals surface area contributed by atoms with Crippen LogP contribution in [0.4, 0.5) is 0 Å². The first-order valence-corrected chi connectivity index (χ1v) is 6.54. The third-order valence-electron chi connectivity index (χ3n) is 3.04.